The van der Waals surface area contributed by atoms with Crippen molar-refractivity contribution in [3.8, 4) is 11.5 Å². The molecule has 0 amide bonds. The minimum Gasteiger partial charge on any atom is -0.490 e. The fourth-order valence-corrected chi connectivity index (χ4v) is 2.75. The summed E-state index contributed by atoms with van der Waals surface area (Å²) in [7, 11) is 0. The fraction of sp³-hybridized carbons (Fsp3) is 0.250. The van der Waals surface area contributed by atoms with E-state index in [0.717, 1.165) is 20.1 Å². The Kier molecular flexibility index (Phi) is 6.08. The molecule has 0 atom stereocenters. The molecule has 0 saturated heterocycles. The Hall–Kier alpha value is -1.04. The van der Waals surface area contributed by atoms with Crippen molar-refractivity contribution in [3.05, 3.63) is 56.5 Å². The molecule has 0 aromatic heterocycles. The standard InChI is InChI=1S/C16H17Br2NO2/c1-2-20-15-8-12(9-19)7-14(18)16(15)21-10-11-3-5-13(17)6-4-11/h3-8H,2,9-10,19H2,1H3. The van der Waals surface area contributed by atoms with Crippen LogP contribution in [0, 0.1) is 0 Å². The first-order valence-corrected chi connectivity index (χ1v) is 8.25. The van der Waals surface area contributed by atoms with Gasteiger partial charge in [0.25, 0.3) is 0 Å². The predicted octanol–water partition coefficient (Wildman–Crippen LogP) is 4.65. The number of hydrogen-bond donors (Lipinski definition) is 1. The van der Waals surface area contributed by atoms with Gasteiger partial charge in [0.15, 0.2) is 11.5 Å². The molecular formula is C16H17Br2NO2. The van der Waals surface area contributed by atoms with Crippen LogP contribution in [0.15, 0.2) is 45.3 Å². The average molecular weight is 415 g/mol. The van der Waals surface area contributed by atoms with E-state index in [-0.39, 0.29) is 0 Å². The van der Waals surface area contributed by atoms with Gasteiger partial charge >= 0.3 is 0 Å². The summed E-state index contributed by atoms with van der Waals surface area (Å²) in [5, 5.41) is 0. The van der Waals surface area contributed by atoms with Gasteiger partial charge in [0.1, 0.15) is 6.61 Å². The summed E-state index contributed by atoms with van der Waals surface area (Å²) in [6, 6.07) is 11.9. The third-order valence-electron chi connectivity index (χ3n) is 2.90. The largest absolute Gasteiger partial charge is 0.490 e. The summed E-state index contributed by atoms with van der Waals surface area (Å²) < 4.78 is 13.5. The molecule has 3 nitrogen and oxygen atoms in total. The van der Waals surface area contributed by atoms with Gasteiger partial charge in [0.2, 0.25) is 0 Å². The molecule has 0 spiro atoms. The first-order valence-electron chi connectivity index (χ1n) is 6.66. The van der Waals surface area contributed by atoms with Crippen molar-refractivity contribution in [1.82, 2.24) is 0 Å². The topological polar surface area (TPSA) is 44.5 Å². The van der Waals surface area contributed by atoms with Crippen LogP contribution in [0.3, 0.4) is 0 Å². The Bertz CT molecular complexity index is 600. The monoisotopic (exact) mass is 413 g/mol. The van der Waals surface area contributed by atoms with Crippen LogP contribution in [0.5, 0.6) is 11.5 Å². The zero-order chi connectivity index (χ0) is 15.2. The molecule has 2 rings (SSSR count). The Balaban J connectivity index is 2.19. The van der Waals surface area contributed by atoms with Gasteiger partial charge < -0.3 is 15.2 Å². The van der Waals surface area contributed by atoms with Crippen molar-refractivity contribution in [2.75, 3.05) is 6.61 Å². The van der Waals surface area contributed by atoms with Crippen LogP contribution < -0.4 is 15.2 Å². The van der Waals surface area contributed by atoms with Crippen molar-refractivity contribution in [3.63, 3.8) is 0 Å². The van der Waals surface area contributed by atoms with E-state index in [1.807, 2.05) is 43.3 Å². The highest BCUT2D eigenvalue weighted by molar-refractivity contribution is 9.10. The summed E-state index contributed by atoms with van der Waals surface area (Å²) >= 11 is 6.95. The summed E-state index contributed by atoms with van der Waals surface area (Å²) in [5.74, 6) is 1.42. The second-order valence-electron chi connectivity index (χ2n) is 4.46. The molecular weight excluding hydrogens is 398 g/mol. The number of benzene rings is 2. The molecule has 5 heteroatoms. The molecule has 0 fully saturated rings. The average Bonchev–Trinajstić information content (AvgIpc) is 2.48. The molecule has 0 aliphatic heterocycles. The van der Waals surface area contributed by atoms with Crippen LogP contribution in [0.25, 0.3) is 0 Å². The predicted molar refractivity (Wildman–Crippen MR) is 91.7 cm³/mol. The van der Waals surface area contributed by atoms with E-state index in [1.54, 1.807) is 0 Å². The van der Waals surface area contributed by atoms with Crippen LogP contribution in [-0.2, 0) is 13.2 Å². The van der Waals surface area contributed by atoms with Gasteiger partial charge in [0.05, 0.1) is 11.1 Å². The van der Waals surface area contributed by atoms with Crippen LogP contribution in [0.2, 0.25) is 0 Å². The van der Waals surface area contributed by atoms with Crippen LogP contribution >= 0.6 is 31.9 Å². The minimum atomic E-state index is 0.464. The highest BCUT2D eigenvalue weighted by Gasteiger charge is 2.12. The second kappa shape index (κ2) is 7.82. The van der Waals surface area contributed by atoms with Gasteiger partial charge in [-0.05, 0) is 58.2 Å². The summed E-state index contributed by atoms with van der Waals surface area (Å²) in [6.07, 6.45) is 0. The molecule has 2 aromatic rings. The van der Waals surface area contributed by atoms with Crippen LogP contribution in [0.1, 0.15) is 18.1 Å². The first-order chi connectivity index (χ1) is 10.1. The summed E-state index contributed by atoms with van der Waals surface area (Å²) in [4.78, 5) is 0. The molecule has 0 bridgehead atoms. The quantitative estimate of drug-likeness (QED) is 0.748. The van der Waals surface area contributed by atoms with E-state index < -0.39 is 0 Å². The van der Waals surface area contributed by atoms with Gasteiger partial charge in [-0.25, -0.2) is 0 Å². The number of ether oxygens (including phenoxy) is 2. The Labute approximate surface area is 141 Å². The zero-order valence-electron chi connectivity index (χ0n) is 11.7. The molecule has 0 saturated carbocycles. The lowest BCUT2D eigenvalue weighted by Crippen LogP contribution is -2.03. The lowest BCUT2D eigenvalue weighted by atomic mass is 10.2. The Morgan fingerprint density at radius 3 is 2.33 bits per heavy atom. The lowest BCUT2D eigenvalue weighted by molar-refractivity contribution is 0.267. The van der Waals surface area contributed by atoms with Gasteiger partial charge in [-0.2, -0.15) is 0 Å². The number of halogens is 2. The molecule has 0 radical (unpaired) electrons. The van der Waals surface area contributed by atoms with Crippen LogP contribution in [0.4, 0.5) is 0 Å². The molecule has 0 unspecified atom stereocenters. The van der Waals surface area contributed by atoms with E-state index >= 15 is 0 Å². The van der Waals surface area contributed by atoms with Crippen molar-refractivity contribution in [2.45, 2.75) is 20.1 Å². The van der Waals surface area contributed by atoms with Gasteiger partial charge in [-0.15, -0.1) is 0 Å². The van der Waals surface area contributed by atoms with E-state index in [2.05, 4.69) is 31.9 Å². The van der Waals surface area contributed by atoms with Crippen molar-refractivity contribution < 1.29 is 9.47 Å². The second-order valence-corrected chi connectivity index (χ2v) is 6.23. The SMILES string of the molecule is CCOc1cc(CN)cc(Br)c1OCc1ccc(Br)cc1. The smallest absolute Gasteiger partial charge is 0.175 e. The molecule has 2 N–H and O–H groups in total. The highest BCUT2D eigenvalue weighted by atomic mass is 79.9. The fourth-order valence-electron chi connectivity index (χ4n) is 1.88. The summed E-state index contributed by atoms with van der Waals surface area (Å²) in [5.41, 5.74) is 7.79. The van der Waals surface area contributed by atoms with Gasteiger partial charge in [-0.1, -0.05) is 28.1 Å². The van der Waals surface area contributed by atoms with E-state index in [4.69, 9.17) is 15.2 Å². The number of rotatable bonds is 6. The van der Waals surface area contributed by atoms with Crippen molar-refractivity contribution >= 4 is 31.9 Å². The Morgan fingerprint density at radius 2 is 1.71 bits per heavy atom. The third-order valence-corrected chi connectivity index (χ3v) is 4.02. The summed E-state index contributed by atoms with van der Waals surface area (Å²) in [6.45, 7) is 3.47. The minimum absolute atomic E-state index is 0.464. The first kappa shape index (κ1) is 16.3. The molecule has 2 aromatic carbocycles. The number of nitrogens with two attached hydrogens (primary N) is 1. The molecule has 0 heterocycles. The molecule has 0 aliphatic carbocycles. The van der Waals surface area contributed by atoms with E-state index in [1.165, 1.54) is 0 Å². The maximum absolute atomic E-state index is 5.92. The highest BCUT2D eigenvalue weighted by Crippen LogP contribution is 2.37. The van der Waals surface area contributed by atoms with E-state index in [9.17, 15) is 0 Å². The lowest BCUT2D eigenvalue weighted by Gasteiger charge is -2.15. The maximum Gasteiger partial charge on any atom is 0.175 e. The zero-order valence-corrected chi connectivity index (χ0v) is 14.9. The number of hydrogen-bond acceptors (Lipinski definition) is 3. The molecule has 21 heavy (non-hydrogen) atoms. The van der Waals surface area contributed by atoms with Crippen molar-refractivity contribution in [2.24, 2.45) is 5.73 Å². The molecule has 112 valence electrons. The van der Waals surface area contributed by atoms with Crippen molar-refractivity contribution in [1.29, 1.82) is 0 Å². The van der Waals surface area contributed by atoms with Gasteiger partial charge in [0, 0.05) is 11.0 Å². The maximum atomic E-state index is 5.92. The van der Waals surface area contributed by atoms with Gasteiger partial charge in [-0.3, -0.25) is 0 Å². The molecule has 0 aliphatic rings. The Morgan fingerprint density at radius 1 is 1.00 bits per heavy atom. The van der Waals surface area contributed by atoms with Crippen LogP contribution in [-0.4, -0.2) is 6.61 Å². The third kappa shape index (κ3) is 4.46. The normalized spacial score (nSPS) is 10.5. The van der Waals surface area contributed by atoms with E-state index in [0.29, 0.717) is 31.3 Å².